The van der Waals surface area contributed by atoms with Gasteiger partial charge in [0.15, 0.2) is 0 Å². The molecule has 0 fully saturated rings. The molecule has 0 bridgehead atoms. The minimum absolute atomic E-state index is 0. The summed E-state index contributed by atoms with van der Waals surface area (Å²) in [5.41, 5.74) is 0. The summed E-state index contributed by atoms with van der Waals surface area (Å²) in [5, 5.41) is 18.2. The smallest absolute Gasteiger partial charge is 0.878 e. The average molecular weight is 138 g/mol. The Labute approximate surface area is 72.0 Å². The monoisotopic (exact) mass is 138 g/mol. The molecule has 0 aromatic carbocycles. The van der Waals surface area contributed by atoms with Gasteiger partial charge in [0, 0.05) is 0 Å². The second-order valence-electron chi connectivity index (χ2n) is 0.939. The SMILES string of the molecule is CC=C[O-].CC=C[O-].[Mg+2]. The van der Waals surface area contributed by atoms with E-state index >= 15 is 0 Å². The topological polar surface area (TPSA) is 46.1 Å². The zero-order chi connectivity index (χ0) is 6.83. The van der Waals surface area contributed by atoms with Gasteiger partial charge in [-0.05, 0) is 13.8 Å². The Morgan fingerprint density at radius 1 is 0.889 bits per heavy atom. The van der Waals surface area contributed by atoms with Crippen molar-refractivity contribution in [2.24, 2.45) is 0 Å². The van der Waals surface area contributed by atoms with Gasteiger partial charge in [0.1, 0.15) is 0 Å². The third kappa shape index (κ3) is 78.7. The number of rotatable bonds is 0. The average Bonchev–Trinajstić information content (AvgIpc) is 1.88. The van der Waals surface area contributed by atoms with Gasteiger partial charge in [-0.3, -0.25) is 0 Å². The van der Waals surface area contributed by atoms with Crippen LogP contribution < -0.4 is 10.2 Å². The Balaban J connectivity index is -0.0000000720. The summed E-state index contributed by atoms with van der Waals surface area (Å²) in [4.78, 5) is 0. The predicted molar refractivity (Wildman–Crippen MR) is 35.4 cm³/mol. The molecular formula is C6H10MgO2. The van der Waals surface area contributed by atoms with Crippen molar-refractivity contribution in [3.05, 3.63) is 24.7 Å². The molecule has 0 amide bonds. The fourth-order valence-electron chi connectivity index (χ4n) is 0. The molecule has 48 valence electrons. The summed E-state index contributed by atoms with van der Waals surface area (Å²) >= 11 is 0. The van der Waals surface area contributed by atoms with Gasteiger partial charge >= 0.3 is 23.1 Å². The molecule has 0 unspecified atom stereocenters. The molecule has 0 saturated carbocycles. The third-order valence-electron chi connectivity index (χ3n) is 0.272. The fourth-order valence-corrected chi connectivity index (χ4v) is 0. The molecule has 0 aromatic heterocycles. The van der Waals surface area contributed by atoms with Gasteiger partial charge in [-0.25, -0.2) is 0 Å². The number of allylic oxidation sites excluding steroid dienone is 2. The standard InChI is InChI=1S/2C3H6O.Mg/c2*1-2-3-4;/h2*2-4H,1H3;/q;;+2/p-2. The van der Waals surface area contributed by atoms with Gasteiger partial charge in [0.25, 0.3) is 0 Å². The van der Waals surface area contributed by atoms with Crippen molar-refractivity contribution in [1.82, 2.24) is 0 Å². The van der Waals surface area contributed by atoms with E-state index < -0.39 is 0 Å². The maximum absolute atomic E-state index is 9.12. The zero-order valence-corrected chi connectivity index (χ0v) is 7.25. The molecule has 9 heavy (non-hydrogen) atoms. The van der Waals surface area contributed by atoms with Crippen molar-refractivity contribution in [2.75, 3.05) is 0 Å². The van der Waals surface area contributed by atoms with Crippen molar-refractivity contribution in [3.63, 3.8) is 0 Å². The van der Waals surface area contributed by atoms with Crippen molar-refractivity contribution in [2.45, 2.75) is 13.8 Å². The maximum Gasteiger partial charge on any atom is 2.00 e. The van der Waals surface area contributed by atoms with E-state index in [1.807, 2.05) is 0 Å². The molecule has 0 radical (unpaired) electrons. The van der Waals surface area contributed by atoms with E-state index in [0.29, 0.717) is 0 Å². The quantitative estimate of drug-likeness (QED) is 0.331. The Morgan fingerprint density at radius 2 is 1.00 bits per heavy atom. The Morgan fingerprint density at radius 3 is 1.00 bits per heavy atom. The van der Waals surface area contributed by atoms with Crippen LogP contribution in [0.5, 0.6) is 0 Å². The molecule has 2 nitrogen and oxygen atoms in total. The van der Waals surface area contributed by atoms with E-state index in [9.17, 15) is 0 Å². The number of hydrogen-bond acceptors (Lipinski definition) is 2. The normalized spacial score (nSPS) is 8.22. The molecule has 0 aliphatic carbocycles. The molecule has 0 rings (SSSR count). The summed E-state index contributed by atoms with van der Waals surface area (Å²) < 4.78 is 0. The van der Waals surface area contributed by atoms with Crippen LogP contribution in [0.25, 0.3) is 0 Å². The van der Waals surface area contributed by atoms with Crippen LogP contribution in [0.4, 0.5) is 0 Å². The molecule has 0 spiro atoms. The molecule has 0 aliphatic heterocycles. The first-order valence-corrected chi connectivity index (χ1v) is 2.29. The maximum atomic E-state index is 9.12. The minimum atomic E-state index is 0. The number of hydrogen-bond donors (Lipinski definition) is 0. The second-order valence-corrected chi connectivity index (χ2v) is 0.939. The van der Waals surface area contributed by atoms with E-state index in [4.69, 9.17) is 10.2 Å². The van der Waals surface area contributed by atoms with E-state index in [2.05, 4.69) is 0 Å². The van der Waals surface area contributed by atoms with Crippen molar-refractivity contribution in [3.8, 4) is 0 Å². The second kappa shape index (κ2) is 24.9. The van der Waals surface area contributed by atoms with Gasteiger partial charge in [0.2, 0.25) is 0 Å². The van der Waals surface area contributed by atoms with Crippen LogP contribution >= 0.6 is 0 Å². The molecule has 0 atom stereocenters. The van der Waals surface area contributed by atoms with Crippen LogP contribution in [-0.4, -0.2) is 23.1 Å². The molecule has 0 saturated heterocycles. The minimum Gasteiger partial charge on any atom is -0.878 e. The molecule has 0 aliphatic rings. The molecule has 0 heterocycles. The van der Waals surface area contributed by atoms with Gasteiger partial charge < -0.3 is 10.2 Å². The molecule has 0 aromatic rings. The first kappa shape index (κ1) is 15.9. The Bertz CT molecular complexity index is 51.5. The molecule has 3 heteroatoms. The van der Waals surface area contributed by atoms with Crippen molar-refractivity contribution >= 4 is 23.1 Å². The van der Waals surface area contributed by atoms with Crippen LogP contribution in [0.1, 0.15) is 13.8 Å². The van der Waals surface area contributed by atoms with E-state index in [-0.39, 0.29) is 23.1 Å². The third-order valence-corrected chi connectivity index (χ3v) is 0.272. The largest absolute Gasteiger partial charge is 2.00 e. The van der Waals surface area contributed by atoms with Gasteiger partial charge in [-0.2, -0.15) is 12.5 Å². The van der Waals surface area contributed by atoms with Gasteiger partial charge in [-0.1, -0.05) is 0 Å². The zero-order valence-electron chi connectivity index (χ0n) is 5.83. The summed E-state index contributed by atoms with van der Waals surface area (Å²) in [7, 11) is 0. The Kier molecular flexibility index (Phi) is 44.0. The van der Waals surface area contributed by atoms with E-state index in [0.717, 1.165) is 12.5 Å². The van der Waals surface area contributed by atoms with Crippen molar-refractivity contribution < 1.29 is 10.2 Å². The first-order valence-electron chi connectivity index (χ1n) is 2.29. The van der Waals surface area contributed by atoms with Crippen molar-refractivity contribution in [1.29, 1.82) is 0 Å². The predicted octanol–water partition coefficient (Wildman–Crippen LogP) is -0.620. The van der Waals surface area contributed by atoms with E-state index in [1.54, 1.807) is 13.8 Å². The summed E-state index contributed by atoms with van der Waals surface area (Å²) in [6.45, 7) is 3.38. The van der Waals surface area contributed by atoms with Gasteiger partial charge in [0.05, 0.1) is 0 Å². The summed E-state index contributed by atoms with van der Waals surface area (Å²) in [5.74, 6) is 0. The van der Waals surface area contributed by atoms with Crippen LogP contribution in [0.3, 0.4) is 0 Å². The van der Waals surface area contributed by atoms with Crippen LogP contribution in [0.15, 0.2) is 24.7 Å². The van der Waals surface area contributed by atoms with Crippen LogP contribution in [-0.2, 0) is 0 Å². The molecular weight excluding hydrogens is 128 g/mol. The van der Waals surface area contributed by atoms with Crippen LogP contribution in [0, 0.1) is 0 Å². The van der Waals surface area contributed by atoms with Gasteiger partial charge in [-0.15, -0.1) is 12.2 Å². The van der Waals surface area contributed by atoms with E-state index in [1.165, 1.54) is 12.2 Å². The van der Waals surface area contributed by atoms with Crippen LogP contribution in [0.2, 0.25) is 0 Å². The fraction of sp³-hybridized carbons (Fsp3) is 0.333. The summed E-state index contributed by atoms with van der Waals surface area (Å²) in [6, 6.07) is 0. The Hall–Kier alpha value is -0.154. The molecule has 0 N–H and O–H groups in total. The first-order chi connectivity index (χ1) is 3.83. The summed E-state index contributed by atoms with van der Waals surface area (Å²) in [6.07, 6.45) is 4.39.